The number of amides is 1. The van der Waals surface area contributed by atoms with E-state index in [1.54, 1.807) is 17.8 Å². The number of rotatable bonds is 8. The normalized spacial score (nSPS) is 13.7. The number of aryl methyl sites for hydroxylation is 2. The van der Waals surface area contributed by atoms with Crippen molar-refractivity contribution in [3.05, 3.63) is 69.5 Å². The highest BCUT2D eigenvalue weighted by Crippen LogP contribution is 2.28. The molecule has 0 radical (unpaired) electrons. The molecule has 1 amide bonds. The molecule has 7 nitrogen and oxygen atoms in total. The predicted molar refractivity (Wildman–Crippen MR) is 117 cm³/mol. The van der Waals surface area contributed by atoms with Crippen LogP contribution in [0, 0.1) is 0 Å². The fourth-order valence-corrected chi connectivity index (χ4v) is 4.26. The first kappa shape index (κ1) is 21.2. The second-order valence-corrected chi connectivity index (χ2v) is 8.44. The molecule has 8 heteroatoms. The molecule has 1 aliphatic rings. The van der Waals surface area contributed by atoms with E-state index in [0.29, 0.717) is 23.3 Å². The number of thioether (sulfide) groups is 1. The molecule has 4 rings (SSSR count). The number of furan rings is 1. The average Bonchev–Trinajstić information content (AvgIpc) is 3.44. The van der Waals surface area contributed by atoms with Gasteiger partial charge in [0.05, 0.1) is 6.26 Å². The fraction of sp³-hybridized carbons (Fsp3) is 0.348. The number of fused-ring (bicyclic) bond motifs is 2. The number of carbonyl (C=O) groups is 2. The van der Waals surface area contributed by atoms with Crippen LogP contribution in [0.5, 0.6) is 0 Å². The first-order chi connectivity index (χ1) is 15.0. The van der Waals surface area contributed by atoms with Crippen molar-refractivity contribution in [1.29, 1.82) is 0 Å². The van der Waals surface area contributed by atoms with E-state index in [4.69, 9.17) is 13.6 Å². The van der Waals surface area contributed by atoms with Crippen LogP contribution < -0.4 is 10.9 Å². The van der Waals surface area contributed by atoms with Crippen molar-refractivity contribution < 1.29 is 23.2 Å². The van der Waals surface area contributed by atoms with Gasteiger partial charge in [-0.3, -0.25) is 4.79 Å². The number of nitrogens with one attached hydrogen (secondary N) is 1. The van der Waals surface area contributed by atoms with E-state index >= 15 is 0 Å². The average molecular weight is 442 g/mol. The number of carbonyl (C=O) groups excluding carboxylic acids is 2. The SMILES string of the molecule is CSCC[C@H](NC(=O)c1ccco1)C(=O)OCc1cc(=O)oc2cc3c(cc12)CCC3. The Hall–Kier alpha value is -3.00. The molecule has 1 aromatic carbocycles. The Labute approximate surface area is 183 Å². The molecule has 0 saturated heterocycles. The number of ether oxygens (including phenoxy) is 1. The molecule has 2 aromatic heterocycles. The lowest BCUT2D eigenvalue weighted by molar-refractivity contribution is -0.147. The Morgan fingerprint density at radius 2 is 2.03 bits per heavy atom. The standard InChI is InChI=1S/C23H23NO6S/c1-31-9-7-18(24-22(26)19-6-3-8-28-19)23(27)29-13-16-12-21(25)30-20-11-15-5-2-4-14(15)10-17(16)20/h3,6,8,10-12,18H,2,4-5,7,9,13H2,1H3,(H,24,26)/t18-/m0/s1. The quantitative estimate of drug-likeness (QED) is 0.422. The fourth-order valence-electron chi connectivity index (χ4n) is 3.79. The van der Waals surface area contributed by atoms with Crippen molar-refractivity contribution in [3.63, 3.8) is 0 Å². The lowest BCUT2D eigenvalue weighted by atomic mass is 10.0. The van der Waals surface area contributed by atoms with E-state index in [0.717, 1.165) is 24.6 Å². The Balaban J connectivity index is 1.51. The maximum atomic E-state index is 12.8. The van der Waals surface area contributed by atoms with E-state index in [2.05, 4.69) is 5.32 Å². The lowest BCUT2D eigenvalue weighted by Crippen LogP contribution is -2.42. The zero-order valence-electron chi connectivity index (χ0n) is 17.1. The largest absolute Gasteiger partial charge is 0.459 e. The molecule has 0 saturated carbocycles. The zero-order valence-corrected chi connectivity index (χ0v) is 18.0. The van der Waals surface area contributed by atoms with Crippen molar-refractivity contribution in [2.24, 2.45) is 0 Å². The topological polar surface area (TPSA) is 98.8 Å². The molecule has 1 aliphatic carbocycles. The van der Waals surface area contributed by atoms with Gasteiger partial charge in [0, 0.05) is 17.0 Å². The van der Waals surface area contributed by atoms with E-state index in [-0.39, 0.29) is 12.4 Å². The summed E-state index contributed by atoms with van der Waals surface area (Å²) in [7, 11) is 0. The summed E-state index contributed by atoms with van der Waals surface area (Å²) < 4.78 is 16.0. The van der Waals surface area contributed by atoms with Gasteiger partial charge in [0.15, 0.2) is 5.76 Å². The maximum absolute atomic E-state index is 12.8. The van der Waals surface area contributed by atoms with Gasteiger partial charge in [0.25, 0.3) is 5.91 Å². The first-order valence-electron chi connectivity index (χ1n) is 10.1. The van der Waals surface area contributed by atoms with Crippen LogP contribution in [0.25, 0.3) is 11.0 Å². The van der Waals surface area contributed by atoms with Gasteiger partial charge in [-0.05, 0) is 73.1 Å². The van der Waals surface area contributed by atoms with Gasteiger partial charge in [-0.25, -0.2) is 9.59 Å². The van der Waals surface area contributed by atoms with Gasteiger partial charge in [-0.15, -0.1) is 0 Å². The molecular formula is C23H23NO6S. The van der Waals surface area contributed by atoms with Crippen molar-refractivity contribution in [2.45, 2.75) is 38.3 Å². The van der Waals surface area contributed by atoms with Crippen LogP contribution in [0.4, 0.5) is 0 Å². The van der Waals surface area contributed by atoms with Gasteiger partial charge >= 0.3 is 11.6 Å². The summed E-state index contributed by atoms with van der Waals surface area (Å²) >= 11 is 1.57. The first-order valence-corrected chi connectivity index (χ1v) is 11.5. The summed E-state index contributed by atoms with van der Waals surface area (Å²) in [4.78, 5) is 37.1. The highest BCUT2D eigenvalue weighted by atomic mass is 32.2. The Morgan fingerprint density at radius 1 is 1.23 bits per heavy atom. The molecule has 0 fully saturated rings. The van der Waals surface area contributed by atoms with Crippen molar-refractivity contribution in [3.8, 4) is 0 Å². The molecular weight excluding hydrogens is 418 g/mol. The van der Waals surface area contributed by atoms with E-state index in [1.165, 1.54) is 29.5 Å². The van der Waals surface area contributed by atoms with Crippen LogP contribution in [-0.2, 0) is 29.0 Å². The molecule has 0 spiro atoms. The summed E-state index contributed by atoms with van der Waals surface area (Å²) in [6.45, 7) is -0.0773. The molecule has 1 atom stereocenters. The third-order valence-corrected chi connectivity index (χ3v) is 6.00. The number of esters is 1. The third-order valence-electron chi connectivity index (χ3n) is 5.36. The van der Waals surface area contributed by atoms with Gasteiger partial charge in [-0.1, -0.05) is 0 Å². The second kappa shape index (κ2) is 9.43. The maximum Gasteiger partial charge on any atom is 0.336 e. The van der Waals surface area contributed by atoms with Crippen molar-refractivity contribution in [1.82, 2.24) is 5.32 Å². The van der Waals surface area contributed by atoms with Crippen LogP contribution in [0.1, 0.15) is 40.1 Å². The summed E-state index contributed by atoms with van der Waals surface area (Å²) in [5.41, 5.74) is 3.04. The summed E-state index contributed by atoms with van der Waals surface area (Å²) in [5.74, 6) is -0.240. The number of benzene rings is 1. The predicted octanol–water partition coefficient (Wildman–Crippen LogP) is 3.47. The van der Waals surface area contributed by atoms with Crippen LogP contribution in [0.2, 0.25) is 0 Å². The second-order valence-electron chi connectivity index (χ2n) is 7.45. The van der Waals surface area contributed by atoms with Crippen LogP contribution in [0.15, 0.2) is 50.2 Å². The van der Waals surface area contributed by atoms with Crippen LogP contribution in [-0.4, -0.2) is 29.9 Å². The molecule has 0 aliphatic heterocycles. The van der Waals surface area contributed by atoms with Gasteiger partial charge in [0.1, 0.15) is 18.2 Å². The molecule has 31 heavy (non-hydrogen) atoms. The Morgan fingerprint density at radius 3 is 2.77 bits per heavy atom. The van der Waals surface area contributed by atoms with Gasteiger partial charge in [0.2, 0.25) is 0 Å². The Bertz CT molecular complexity index is 1150. The zero-order chi connectivity index (χ0) is 21.8. The molecule has 1 N–H and O–H groups in total. The van der Waals surface area contributed by atoms with Crippen molar-refractivity contribution in [2.75, 3.05) is 12.0 Å². The molecule has 2 heterocycles. The van der Waals surface area contributed by atoms with E-state index in [9.17, 15) is 14.4 Å². The van der Waals surface area contributed by atoms with Crippen molar-refractivity contribution >= 4 is 34.6 Å². The minimum absolute atomic E-state index is 0.0773. The van der Waals surface area contributed by atoms with Crippen LogP contribution >= 0.6 is 11.8 Å². The molecule has 3 aromatic rings. The van der Waals surface area contributed by atoms with E-state index < -0.39 is 23.5 Å². The highest BCUT2D eigenvalue weighted by Gasteiger charge is 2.24. The minimum Gasteiger partial charge on any atom is -0.459 e. The van der Waals surface area contributed by atoms with Gasteiger partial charge < -0.3 is 18.9 Å². The summed E-state index contributed by atoms with van der Waals surface area (Å²) in [5, 5.41) is 3.44. The molecule has 0 unspecified atom stereocenters. The van der Waals surface area contributed by atoms with E-state index in [1.807, 2.05) is 18.4 Å². The Kier molecular flexibility index (Phi) is 6.46. The number of hydrogen-bond acceptors (Lipinski definition) is 7. The monoisotopic (exact) mass is 441 g/mol. The molecule has 162 valence electrons. The molecule has 0 bridgehead atoms. The third kappa shape index (κ3) is 4.85. The van der Waals surface area contributed by atoms with Crippen LogP contribution in [0.3, 0.4) is 0 Å². The minimum atomic E-state index is -0.819. The summed E-state index contributed by atoms with van der Waals surface area (Å²) in [6, 6.07) is 7.60. The lowest BCUT2D eigenvalue weighted by Gasteiger charge is -2.17. The highest BCUT2D eigenvalue weighted by molar-refractivity contribution is 7.98. The summed E-state index contributed by atoms with van der Waals surface area (Å²) in [6.07, 6.45) is 6.77. The smallest absolute Gasteiger partial charge is 0.336 e. The number of hydrogen-bond donors (Lipinski definition) is 1. The van der Waals surface area contributed by atoms with Gasteiger partial charge in [-0.2, -0.15) is 11.8 Å².